The molecular weight excluding hydrogens is 330 g/mol. The van der Waals surface area contributed by atoms with Gasteiger partial charge in [0, 0.05) is 39.3 Å². The van der Waals surface area contributed by atoms with Gasteiger partial charge < -0.3 is 10.1 Å². The van der Waals surface area contributed by atoms with Gasteiger partial charge in [-0.25, -0.2) is 0 Å². The molecule has 0 saturated carbocycles. The van der Waals surface area contributed by atoms with Gasteiger partial charge in [-0.2, -0.15) is 17.0 Å². The summed E-state index contributed by atoms with van der Waals surface area (Å²) < 4.78 is 32.3. The third kappa shape index (κ3) is 4.25. The number of hydrogen-bond donors (Lipinski definition) is 1. The summed E-state index contributed by atoms with van der Waals surface area (Å²) in [7, 11) is 1.11. The molecule has 0 aliphatic carbocycles. The standard InChI is InChI=1S/C16H25N3O4S/c1-18(2)24(21,22)19-10-6-8-14(12-19)16(20)17-11-13-7-4-5-9-15(13)23-3/h4-5,7,9,14H,6,8,10-12H2,1-3H3,(H,17,20)/t14-/m1/s1. The van der Waals surface area contributed by atoms with E-state index in [1.165, 1.54) is 22.7 Å². The summed E-state index contributed by atoms with van der Waals surface area (Å²) in [5, 5.41) is 2.89. The van der Waals surface area contributed by atoms with E-state index in [1.807, 2.05) is 24.3 Å². The Balaban J connectivity index is 1.97. The van der Waals surface area contributed by atoms with E-state index in [1.54, 1.807) is 7.11 Å². The number of benzene rings is 1. The molecule has 0 bridgehead atoms. The molecule has 8 heteroatoms. The van der Waals surface area contributed by atoms with Gasteiger partial charge in [-0.15, -0.1) is 0 Å². The van der Waals surface area contributed by atoms with Gasteiger partial charge in [0.25, 0.3) is 10.2 Å². The molecule has 2 rings (SSSR count). The van der Waals surface area contributed by atoms with Gasteiger partial charge in [0.1, 0.15) is 5.75 Å². The molecule has 1 aliphatic rings. The Hall–Kier alpha value is -1.64. The molecule has 1 aliphatic heterocycles. The number of para-hydroxylation sites is 1. The van der Waals surface area contributed by atoms with Crippen LogP contribution in [-0.2, 0) is 21.5 Å². The molecule has 0 aromatic heterocycles. The zero-order chi connectivity index (χ0) is 17.7. The zero-order valence-corrected chi connectivity index (χ0v) is 15.2. The maximum absolute atomic E-state index is 12.4. The molecule has 0 radical (unpaired) electrons. The van der Waals surface area contributed by atoms with Crippen molar-refractivity contribution in [2.75, 3.05) is 34.3 Å². The van der Waals surface area contributed by atoms with E-state index in [2.05, 4.69) is 5.32 Å². The van der Waals surface area contributed by atoms with E-state index in [-0.39, 0.29) is 18.4 Å². The molecule has 1 amide bonds. The minimum Gasteiger partial charge on any atom is -0.496 e. The van der Waals surface area contributed by atoms with Crippen LogP contribution >= 0.6 is 0 Å². The first kappa shape index (κ1) is 18.7. The molecule has 24 heavy (non-hydrogen) atoms. The van der Waals surface area contributed by atoms with Crippen LogP contribution in [0, 0.1) is 5.92 Å². The molecule has 134 valence electrons. The molecule has 1 heterocycles. The Morgan fingerprint density at radius 2 is 2.08 bits per heavy atom. The Morgan fingerprint density at radius 1 is 1.38 bits per heavy atom. The van der Waals surface area contributed by atoms with E-state index in [9.17, 15) is 13.2 Å². The molecule has 1 aromatic carbocycles. The normalized spacial score (nSPS) is 19.2. The van der Waals surface area contributed by atoms with Crippen LogP contribution in [0.4, 0.5) is 0 Å². The second-order valence-corrected chi connectivity index (χ2v) is 8.16. The predicted octanol–water partition coefficient (Wildman–Crippen LogP) is 0.830. The van der Waals surface area contributed by atoms with Crippen molar-refractivity contribution in [3.63, 3.8) is 0 Å². The lowest BCUT2D eigenvalue weighted by Gasteiger charge is -2.32. The van der Waals surface area contributed by atoms with Crippen LogP contribution in [0.5, 0.6) is 5.75 Å². The number of carbonyl (C=O) groups is 1. The number of carbonyl (C=O) groups excluding carboxylic acids is 1. The second kappa shape index (κ2) is 7.96. The van der Waals surface area contributed by atoms with Crippen LogP contribution in [0.3, 0.4) is 0 Å². The number of methoxy groups -OCH3 is 1. The number of piperidine rings is 1. The quantitative estimate of drug-likeness (QED) is 0.820. The molecule has 1 atom stereocenters. The van der Waals surface area contributed by atoms with E-state index in [4.69, 9.17) is 4.74 Å². The van der Waals surface area contributed by atoms with E-state index >= 15 is 0 Å². The largest absolute Gasteiger partial charge is 0.496 e. The fourth-order valence-corrected chi connectivity index (χ4v) is 3.96. The number of ether oxygens (including phenoxy) is 1. The summed E-state index contributed by atoms with van der Waals surface area (Å²) in [6.07, 6.45) is 1.37. The van der Waals surface area contributed by atoms with E-state index in [0.717, 1.165) is 11.3 Å². The summed E-state index contributed by atoms with van der Waals surface area (Å²) >= 11 is 0. The summed E-state index contributed by atoms with van der Waals surface area (Å²) in [5.41, 5.74) is 0.891. The lowest BCUT2D eigenvalue weighted by molar-refractivity contribution is -0.126. The van der Waals surface area contributed by atoms with Crippen LogP contribution in [0.15, 0.2) is 24.3 Å². The number of amides is 1. The van der Waals surface area contributed by atoms with Crippen molar-refractivity contribution in [3.8, 4) is 5.75 Å². The fourth-order valence-electron chi connectivity index (χ4n) is 2.77. The fraction of sp³-hybridized carbons (Fsp3) is 0.562. The molecule has 1 aromatic rings. The van der Waals surface area contributed by atoms with Crippen LogP contribution in [0.1, 0.15) is 18.4 Å². The Morgan fingerprint density at radius 3 is 2.75 bits per heavy atom. The lowest BCUT2D eigenvalue weighted by Crippen LogP contribution is -2.48. The highest BCUT2D eigenvalue weighted by atomic mass is 32.2. The monoisotopic (exact) mass is 355 g/mol. The summed E-state index contributed by atoms with van der Waals surface area (Å²) in [6.45, 7) is 1.04. The van der Waals surface area contributed by atoms with Crippen LogP contribution in [0.25, 0.3) is 0 Å². The van der Waals surface area contributed by atoms with E-state index in [0.29, 0.717) is 25.9 Å². The van der Waals surface area contributed by atoms with Gasteiger partial charge in [-0.3, -0.25) is 4.79 Å². The first-order valence-electron chi connectivity index (χ1n) is 7.93. The van der Waals surface area contributed by atoms with Crippen molar-refractivity contribution < 1.29 is 17.9 Å². The number of hydrogen-bond acceptors (Lipinski definition) is 4. The van der Waals surface area contributed by atoms with Crippen molar-refractivity contribution in [1.29, 1.82) is 0 Å². The van der Waals surface area contributed by atoms with Crippen LogP contribution in [0.2, 0.25) is 0 Å². The van der Waals surface area contributed by atoms with Crippen molar-refractivity contribution in [2.24, 2.45) is 5.92 Å². The van der Waals surface area contributed by atoms with Gasteiger partial charge in [0.2, 0.25) is 5.91 Å². The molecule has 0 unspecified atom stereocenters. The summed E-state index contributed by atoms with van der Waals surface area (Å²) in [5.74, 6) is 0.265. The highest BCUT2D eigenvalue weighted by molar-refractivity contribution is 7.86. The average Bonchev–Trinajstić information content (AvgIpc) is 2.59. The molecular formula is C16H25N3O4S. The smallest absolute Gasteiger partial charge is 0.281 e. The molecule has 1 fully saturated rings. The molecule has 7 nitrogen and oxygen atoms in total. The number of nitrogens with one attached hydrogen (secondary N) is 1. The molecule has 1 saturated heterocycles. The second-order valence-electron chi connectivity index (χ2n) is 6.02. The van der Waals surface area contributed by atoms with Gasteiger partial charge in [-0.05, 0) is 18.9 Å². The first-order valence-corrected chi connectivity index (χ1v) is 9.33. The van der Waals surface area contributed by atoms with Crippen LogP contribution < -0.4 is 10.1 Å². The third-order valence-corrected chi connectivity index (χ3v) is 6.10. The minimum absolute atomic E-state index is 0.125. The predicted molar refractivity (Wildman–Crippen MR) is 91.7 cm³/mol. The maximum atomic E-state index is 12.4. The zero-order valence-electron chi connectivity index (χ0n) is 14.4. The highest BCUT2D eigenvalue weighted by Crippen LogP contribution is 2.21. The molecule has 0 spiro atoms. The highest BCUT2D eigenvalue weighted by Gasteiger charge is 2.33. The minimum atomic E-state index is -3.48. The number of rotatable bonds is 6. The third-order valence-electron chi connectivity index (χ3n) is 4.19. The van der Waals surface area contributed by atoms with Gasteiger partial charge >= 0.3 is 0 Å². The molecule has 1 N–H and O–H groups in total. The Kier molecular flexibility index (Phi) is 6.20. The summed E-state index contributed by atoms with van der Waals surface area (Å²) in [6, 6.07) is 7.49. The van der Waals surface area contributed by atoms with Crippen molar-refractivity contribution in [3.05, 3.63) is 29.8 Å². The van der Waals surface area contributed by atoms with Crippen molar-refractivity contribution >= 4 is 16.1 Å². The van der Waals surface area contributed by atoms with Crippen molar-refractivity contribution in [1.82, 2.24) is 13.9 Å². The van der Waals surface area contributed by atoms with Crippen molar-refractivity contribution in [2.45, 2.75) is 19.4 Å². The average molecular weight is 355 g/mol. The van der Waals surface area contributed by atoms with E-state index < -0.39 is 10.2 Å². The first-order chi connectivity index (χ1) is 11.4. The SMILES string of the molecule is COc1ccccc1CNC(=O)[C@@H]1CCCN(S(=O)(=O)N(C)C)C1. The number of nitrogens with zero attached hydrogens (tertiary/aromatic N) is 2. The van der Waals surface area contributed by atoms with Gasteiger partial charge in [0.05, 0.1) is 13.0 Å². The topological polar surface area (TPSA) is 79.0 Å². The Bertz CT molecular complexity index is 676. The lowest BCUT2D eigenvalue weighted by atomic mass is 9.98. The Labute approximate surface area is 143 Å². The maximum Gasteiger partial charge on any atom is 0.281 e. The van der Waals surface area contributed by atoms with Crippen LogP contribution in [-0.4, -0.2) is 57.2 Å². The van der Waals surface area contributed by atoms with Gasteiger partial charge in [-0.1, -0.05) is 18.2 Å². The van der Waals surface area contributed by atoms with Gasteiger partial charge in [0.15, 0.2) is 0 Å². The summed E-state index contributed by atoms with van der Waals surface area (Å²) in [4.78, 5) is 12.4.